The summed E-state index contributed by atoms with van der Waals surface area (Å²) >= 11 is 0. The number of nitriles is 1. The number of rotatable bonds is 3. The van der Waals surface area contributed by atoms with Crippen molar-refractivity contribution in [2.45, 2.75) is 38.2 Å². The molecule has 1 fully saturated rings. The van der Waals surface area contributed by atoms with E-state index in [0.717, 1.165) is 37.2 Å². The molecule has 0 aromatic carbocycles. The first kappa shape index (κ1) is 12.9. The number of aryl methyl sites for hydroxylation is 2. The van der Waals surface area contributed by atoms with Gasteiger partial charge in [0.25, 0.3) is 0 Å². The molecule has 0 radical (unpaired) electrons. The van der Waals surface area contributed by atoms with Gasteiger partial charge in [-0.15, -0.1) is 0 Å². The quantitative estimate of drug-likeness (QED) is 0.876. The van der Waals surface area contributed by atoms with Gasteiger partial charge in [0.1, 0.15) is 17.5 Å². The third-order valence-corrected chi connectivity index (χ3v) is 3.73. The highest BCUT2D eigenvalue weighted by molar-refractivity contribution is 5.56. The van der Waals surface area contributed by atoms with E-state index in [9.17, 15) is 10.4 Å². The molecule has 5 nitrogen and oxygen atoms in total. The lowest BCUT2D eigenvalue weighted by Gasteiger charge is -2.29. The van der Waals surface area contributed by atoms with E-state index < -0.39 is 5.60 Å². The molecule has 5 heteroatoms. The maximum Gasteiger partial charge on any atom is 0.144 e. The monoisotopic (exact) mass is 248 g/mol. The Bertz CT molecular complexity index is 480. The topological polar surface area (TPSA) is 65.1 Å². The van der Waals surface area contributed by atoms with E-state index in [0.29, 0.717) is 12.1 Å². The van der Waals surface area contributed by atoms with Crippen LogP contribution >= 0.6 is 0 Å². The number of anilines is 1. The zero-order valence-electron chi connectivity index (χ0n) is 11.3. The average Bonchev–Trinajstić information content (AvgIpc) is 2.82. The summed E-state index contributed by atoms with van der Waals surface area (Å²) in [5.41, 5.74) is 0.724. The molecule has 0 unspecified atom stereocenters. The van der Waals surface area contributed by atoms with Crippen molar-refractivity contribution < 1.29 is 5.11 Å². The van der Waals surface area contributed by atoms with Gasteiger partial charge < -0.3 is 10.0 Å². The summed E-state index contributed by atoms with van der Waals surface area (Å²) in [6.07, 6.45) is 3.85. The highest BCUT2D eigenvalue weighted by atomic mass is 16.3. The SMILES string of the molecule is Cc1nn(C)c(N(C)CC2(O)CCCC2)c1C#N. The van der Waals surface area contributed by atoms with Crippen molar-refractivity contribution in [3.05, 3.63) is 11.3 Å². The summed E-state index contributed by atoms with van der Waals surface area (Å²) < 4.78 is 1.71. The van der Waals surface area contributed by atoms with Crippen LogP contribution in [0.4, 0.5) is 5.82 Å². The summed E-state index contributed by atoms with van der Waals surface area (Å²) in [4.78, 5) is 1.95. The second kappa shape index (κ2) is 4.62. The molecule has 2 rings (SSSR count). The molecule has 0 bridgehead atoms. The summed E-state index contributed by atoms with van der Waals surface area (Å²) in [6.45, 7) is 2.39. The second-order valence-electron chi connectivity index (χ2n) is 5.31. The van der Waals surface area contributed by atoms with Crippen molar-refractivity contribution in [2.75, 3.05) is 18.5 Å². The standard InChI is InChI=1S/C13H20N4O/c1-10-11(8-14)12(17(3)15-10)16(2)9-13(18)6-4-5-7-13/h18H,4-7,9H2,1-3H3. The second-order valence-corrected chi connectivity index (χ2v) is 5.31. The van der Waals surface area contributed by atoms with Crippen LogP contribution in [0.15, 0.2) is 0 Å². The van der Waals surface area contributed by atoms with E-state index in [-0.39, 0.29) is 0 Å². The van der Waals surface area contributed by atoms with Gasteiger partial charge in [-0.3, -0.25) is 4.68 Å². The van der Waals surface area contributed by atoms with Gasteiger partial charge in [-0.25, -0.2) is 0 Å². The van der Waals surface area contributed by atoms with Gasteiger partial charge in [-0.2, -0.15) is 10.4 Å². The van der Waals surface area contributed by atoms with Crippen molar-refractivity contribution in [3.8, 4) is 6.07 Å². The highest BCUT2D eigenvalue weighted by Crippen LogP contribution is 2.32. The minimum absolute atomic E-state index is 0.556. The molecular formula is C13H20N4O. The van der Waals surface area contributed by atoms with Crippen molar-refractivity contribution in [3.63, 3.8) is 0 Å². The van der Waals surface area contributed by atoms with Crippen LogP contribution in [0.2, 0.25) is 0 Å². The molecule has 0 aliphatic heterocycles. The van der Waals surface area contributed by atoms with Crippen LogP contribution in [0.5, 0.6) is 0 Å². The van der Waals surface area contributed by atoms with E-state index in [4.69, 9.17) is 0 Å². The minimum atomic E-state index is -0.611. The molecule has 0 saturated heterocycles. The molecule has 1 aromatic heterocycles. The Morgan fingerprint density at radius 3 is 2.67 bits per heavy atom. The Labute approximate surface area is 108 Å². The van der Waals surface area contributed by atoms with Crippen molar-refractivity contribution in [2.24, 2.45) is 7.05 Å². The first-order valence-electron chi connectivity index (χ1n) is 6.34. The minimum Gasteiger partial charge on any atom is -0.388 e. The molecule has 1 aliphatic carbocycles. The van der Waals surface area contributed by atoms with Crippen molar-refractivity contribution >= 4 is 5.82 Å². The van der Waals surface area contributed by atoms with Crippen LogP contribution in [0.1, 0.15) is 36.9 Å². The van der Waals surface area contributed by atoms with Gasteiger partial charge in [0.15, 0.2) is 0 Å². The van der Waals surface area contributed by atoms with Crippen LogP contribution in [0.3, 0.4) is 0 Å². The Morgan fingerprint density at radius 1 is 1.50 bits per heavy atom. The zero-order valence-corrected chi connectivity index (χ0v) is 11.3. The lowest BCUT2D eigenvalue weighted by molar-refractivity contribution is 0.0556. The molecule has 0 spiro atoms. The van der Waals surface area contributed by atoms with Gasteiger partial charge in [0, 0.05) is 20.6 Å². The summed E-state index contributed by atoms with van der Waals surface area (Å²) in [5, 5.41) is 23.9. The molecule has 1 N–H and O–H groups in total. The molecule has 1 heterocycles. The molecule has 1 saturated carbocycles. The fraction of sp³-hybridized carbons (Fsp3) is 0.692. The number of hydrogen-bond donors (Lipinski definition) is 1. The van der Waals surface area contributed by atoms with E-state index in [1.807, 2.05) is 25.9 Å². The average molecular weight is 248 g/mol. The maximum absolute atomic E-state index is 10.4. The van der Waals surface area contributed by atoms with Crippen LogP contribution in [-0.4, -0.2) is 34.1 Å². The van der Waals surface area contributed by atoms with Gasteiger partial charge >= 0.3 is 0 Å². The Morgan fingerprint density at radius 2 is 2.11 bits per heavy atom. The van der Waals surface area contributed by atoms with Gasteiger partial charge in [0.2, 0.25) is 0 Å². The fourth-order valence-corrected chi connectivity index (χ4v) is 2.92. The van der Waals surface area contributed by atoms with Gasteiger partial charge in [0.05, 0.1) is 11.3 Å². The van der Waals surface area contributed by atoms with Crippen LogP contribution in [0.25, 0.3) is 0 Å². The Kier molecular flexibility index (Phi) is 3.31. The normalized spacial score (nSPS) is 17.7. The number of nitrogens with zero attached hydrogens (tertiary/aromatic N) is 4. The van der Waals surface area contributed by atoms with E-state index >= 15 is 0 Å². The Hall–Kier alpha value is -1.54. The fourth-order valence-electron chi connectivity index (χ4n) is 2.92. The number of aliphatic hydroxyl groups is 1. The smallest absolute Gasteiger partial charge is 0.144 e. The number of likely N-dealkylation sites (N-methyl/N-ethyl adjacent to an activating group) is 1. The third-order valence-electron chi connectivity index (χ3n) is 3.73. The predicted molar refractivity (Wildman–Crippen MR) is 69.3 cm³/mol. The highest BCUT2D eigenvalue weighted by Gasteiger charge is 2.33. The first-order chi connectivity index (χ1) is 8.47. The molecule has 1 aliphatic rings. The summed E-state index contributed by atoms with van der Waals surface area (Å²) in [7, 11) is 3.74. The van der Waals surface area contributed by atoms with E-state index in [2.05, 4.69) is 11.2 Å². The Balaban J connectivity index is 2.24. The van der Waals surface area contributed by atoms with Crippen LogP contribution < -0.4 is 4.90 Å². The number of aromatic nitrogens is 2. The third kappa shape index (κ3) is 2.21. The zero-order chi connectivity index (χ0) is 13.3. The van der Waals surface area contributed by atoms with Crippen molar-refractivity contribution in [1.82, 2.24) is 9.78 Å². The molecule has 18 heavy (non-hydrogen) atoms. The molecule has 0 atom stereocenters. The van der Waals surface area contributed by atoms with Gasteiger partial charge in [-0.05, 0) is 19.8 Å². The predicted octanol–water partition coefficient (Wildman–Crippen LogP) is 1.34. The van der Waals surface area contributed by atoms with E-state index in [1.165, 1.54) is 0 Å². The molecule has 1 aromatic rings. The lowest BCUT2D eigenvalue weighted by Crippen LogP contribution is -2.40. The summed E-state index contributed by atoms with van der Waals surface area (Å²) in [6, 6.07) is 2.20. The molecular weight excluding hydrogens is 228 g/mol. The molecule has 98 valence electrons. The maximum atomic E-state index is 10.4. The van der Waals surface area contributed by atoms with E-state index in [1.54, 1.807) is 4.68 Å². The first-order valence-corrected chi connectivity index (χ1v) is 6.34. The van der Waals surface area contributed by atoms with Crippen LogP contribution in [-0.2, 0) is 7.05 Å². The summed E-state index contributed by atoms with van der Waals surface area (Å²) in [5.74, 6) is 0.787. The lowest BCUT2D eigenvalue weighted by atomic mass is 10.0. The molecule has 0 amide bonds. The van der Waals surface area contributed by atoms with Gasteiger partial charge in [-0.1, -0.05) is 12.8 Å². The van der Waals surface area contributed by atoms with Crippen LogP contribution in [0, 0.1) is 18.3 Å². The van der Waals surface area contributed by atoms with Crippen molar-refractivity contribution in [1.29, 1.82) is 5.26 Å². The number of hydrogen-bond acceptors (Lipinski definition) is 4. The largest absolute Gasteiger partial charge is 0.388 e.